The fraction of sp³-hybridized carbons (Fsp3) is 0.0870. The molecule has 0 bridgehead atoms. The summed E-state index contributed by atoms with van der Waals surface area (Å²) < 4.78 is 11.6. The Morgan fingerprint density at radius 1 is 1.21 bits per heavy atom. The van der Waals surface area contributed by atoms with Crippen LogP contribution in [0.3, 0.4) is 0 Å². The Kier molecular flexibility index (Phi) is 6.26. The van der Waals surface area contributed by atoms with Crippen molar-refractivity contribution in [3.63, 3.8) is 0 Å². The summed E-state index contributed by atoms with van der Waals surface area (Å²) in [6, 6.07) is 16.8. The highest BCUT2D eigenvalue weighted by Crippen LogP contribution is 2.20. The van der Waals surface area contributed by atoms with Gasteiger partial charge in [0.25, 0.3) is 11.6 Å². The van der Waals surface area contributed by atoms with Crippen LogP contribution in [0.5, 0.6) is 5.75 Å². The van der Waals surface area contributed by atoms with Crippen LogP contribution >= 0.6 is 0 Å². The van der Waals surface area contributed by atoms with Crippen LogP contribution in [-0.2, 0) is 6.54 Å². The highest BCUT2D eigenvalue weighted by Gasteiger charge is 2.17. The fourth-order valence-corrected chi connectivity index (χ4v) is 3.00. The van der Waals surface area contributed by atoms with Gasteiger partial charge in [-0.05, 0) is 41.5 Å². The van der Waals surface area contributed by atoms with E-state index in [0.29, 0.717) is 17.9 Å². The van der Waals surface area contributed by atoms with Crippen molar-refractivity contribution in [2.24, 2.45) is 0 Å². The first-order valence-electron chi connectivity index (χ1n) is 9.88. The largest absolute Gasteiger partial charge is 0.497 e. The Labute approximate surface area is 188 Å². The molecule has 10 nitrogen and oxygen atoms in total. The number of methoxy groups -OCH3 is 1. The van der Waals surface area contributed by atoms with Gasteiger partial charge in [-0.15, -0.1) is 5.10 Å². The second-order valence-corrected chi connectivity index (χ2v) is 6.87. The third-order valence-electron chi connectivity index (χ3n) is 4.67. The van der Waals surface area contributed by atoms with Crippen molar-refractivity contribution in [3.8, 4) is 17.3 Å². The molecule has 166 valence electrons. The zero-order chi connectivity index (χ0) is 23.2. The molecule has 0 aliphatic rings. The predicted molar refractivity (Wildman–Crippen MR) is 121 cm³/mol. The Hall–Kier alpha value is -4.73. The first-order chi connectivity index (χ1) is 16.0. The zero-order valence-corrected chi connectivity index (χ0v) is 17.5. The maximum absolute atomic E-state index is 12.9. The van der Waals surface area contributed by atoms with Crippen LogP contribution in [0.4, 0.5) is 11.6 Å². The summed E-state index contributed by atoms with van der Waals surface area (Å²) in [5.41, 5.74) is 1.40. The van der Waals surface area contributed by atoms with Crippen molar-refractivity contribution < 1.29 is 18.9 Å². The molecule has 2 heterocycles. The van der Waals surface area contributed by atoms with Crippen molar-refractivity contribution in [1.29, 1.82) is 0 Å². The van der Waals surface area contributed by atoms with Crippen molar-refractivity contribution >= 4 is 23.6 Å². The molecule has 2 aromatic carbocycles. The SMILES string of the molecule is COc1ccc(CNc2nc(-c3ccco3)nn2C(=O)C=Cc2cccc([N+](=O)[O-])c2)cc1. The van der Waals surface area contributed by atoms with E-state index in [4.69, 9.17) is 9.15 Å². The molecule has 0 unspecified atom stereocenters. The number of furan rings is 1. The lowest BCUT2D eigenvalue weighted by Gasteiger charge is -2.07. The number of nitro benzene ring substituents is 1. The third-order valence-corrected chi connectivity index (χ3v) is 4.67. The molecular weight excluding hydrogens is 426 g/mol. The van der Waals surface area contributed by atoms with Gasteiger partial charge in [-0.25, -0.2) is 0 Å². The van der Waals surface area contributed by atoms with Crippen molar-refractivity contribution in [2.75, 3.05) is 12.4 Å². The summed E-state index contributed by atoms with van der Waals surface area (Å²) in [6.07, 6.45) is 4.25. The molecule has 2 aromatic heterocycles. The summed E-state index contributed by atoms with van der Waals surface area (Å²) in [7, 11) is 1.60. The lowest BCUT2D eigenvalue weighted by atomic mass is 10.2. The van der Waals surface area contributed by atoms with Crippen LogP contribution in [0, 0.1) is 10.1 Å². The quantitative estimate of drug-likeness (QED) is 0.240. The van der Waals surface area contributed by atoms with Gasteiger partial charge in [-0.1, -0.05) is 24.3 Å². The molecule has 4 rings (SSSR count). The van der Waals surface area contributed by atoms with Crippen molar-refractivity contribution in [1.82, 2.24) is 14.8 Å². The average Bonchev–Trinajstić information content (AvgIpc) is 3.52. The number of rotatable bonds is 8. The van der Waals surface area contributed by atoms with Gasteiger partial charge >= 0.3 is 0 Å². The van der Waals surface area contributed by atoms with Gasteiger partial charge in [0, 0.05) is 24.8 Å². The average molecular weight is 445 g/mol. The van der Waals surface area contributed by atoms with Crippen molar-refractivity contribution in [2.45, 2.75) is 6.54 Å². The number of nitro groups is 1. The number of non-ortho nitro benzene ring substituents is 1. The van der Waals surface area contributed by atoms with Crippen molar-refractivity contribution in [3.05, 3.63) is 94.2 Å². The van der Waals surface area contributed by atoms with E-state index in [1.165, 1.54) is 30.5 Å². The fourth-order valence-electron chi connectivity index (χ4n) is 3.00. The van der Waals surface area contributed by atoms with E-state index in [2.05, 4.69) is 15.4 Å². The van der Waals surface area contributed by atoms with E-state index < -0.39 is 10.8 Å². The minimum Gasteiger partial charge on any atom is -0.497 e. The number of hydrogen-bond acceptors (Lipinski definition) is 8. The predicted octanol–water partition coefficient (Wildman–Crippen LogP) is 4.42. The van der Waals surface area contributed by atoms with Crippen LogP contribution in [0.25, 0.3) is 17.7 Å². The molecule has 10 heteroatoms. The van der Waals surface area contributed by atoms with E-state index in [1.54, 1.807) is 31.4 Å². The molecular formula is C23H19N5O5. The lowest BCUT2D eigenvalue weighted by Crippen LogP contribution is -2.14. The van der Waals surface area contributed by atoms with E-state index in [1.807, 2.05) is 24.3 Å². The molecule has 0 aliphatic heterocycles. The summed E-state index contributed by atoms with van der Waals surface area (Å²) in [6.45, 7) is 0.391. The van der Waals surface area contributed by atoms with E-state index in [-0.39, 0.29) is 17.5 Å². The zero-order valence-electron chi connectivity index (χ0n) is 17.5. The number of allylic oxidation sites excluding steroid dienone is 1. The smallest absolute Gasteiger partial charge is 0.274 e. The molecule has 0 radical (unpaired) electrons. The number of aromatic nitrogens is 3. The standard InChI is InChI=1S/C23H19N5O5/c1-32-19-10-7-17(8-11-19)15-24-23-25-22(20-6-3-13-33-20)26-27(23)21(29)12-9-16-4-2-5-18(14-16)28(30)31/h2-14H,15H2,1H3,(H,24,25,26). The summed E-state index contributed by atoms with van der Waals surface area (Å²) in [5.74, 6) is 1.14. The molecule has 0 saturated carbocycles. The lowest BCUT2D eigenvalue weighted by molar-refractivity contribution is -0.384. The second-order valence-electron chi connectivity index (χ2n) is 6.87. The van der Waals surface area contributed by atoms with Crippen LogP contribution in [0.2, 0.25) is 0 Å². The number of nitrogens with zero attached hydrogens (tertiary/aromatic N) is 4. The van der Waals surface area contributed by atoms with Gasteiger partial charge in [0.2, 0.25) is 11.8 Å². The Morgan fingerprint density at radius 3 is 2.73 bits per heavy atom. The van der Waals surface area contributed by atoms with Gasteiger partial charge in [0.05, 0.1) is 18.3 Å². The Morgan fingerprint density at radius 2 is 2.03 bits per heavy atom. The molecule has 0 amide bonds. The van der Waals surface area contributed by atoms with Gasteiger partial charge < -0.3 is 14.5 Å². The maximum atomic E-state index is 12.9. The minimum atomic E-state index is -0.493. The van der Waals surface area contributed by atoms with Crippen LogP contribution in [0.1, 0.15) is 15.9 Å². The van der Waals surface area contributed by atoms with E-state index in [9.17, 15) is 14.9 Å². The molecule has 0 fully saturated rings. The minimum absolute atomic E-state index is 0.0627. The molecule has 1 N–H and O–H groups in total. The molecule has 0 atom stereocenters. The van der Waals surface area contributed by atoms with Gasteiger partial charge in [-0.2, -0.15) is 9.67 Å². The summed E-state index contributed by atoms with van der Waals surface area (Å²) in [4.78, 5) is 27.8. The first kappa shape index (κ1) is 21.5. The second kappa shape index (κ2) is 9.60. The third kappa shape index (κ3) is 5.13. The molecule has 0 spiro atoms. The van der Waals surface area contributed by atoms with Crippen LogP contribution in [-0.4, -0.2) is 32.7 Å². The summed E-state index contributed by atoms with van der Waals surface area (Å²) >= 11 is 0. The number of anilines is 1. The number of nitrogens with one attached hydrogen (secondary N) is 1. The molecule has 0 aliphatic carbocycles. The number of ether oxygens (including phenoxy) is 1. The Balaban J connectivity index is 1.58. The number of carbonyl (C=O) groups excluding carboxylic acids is 1. The highest BCUT2D eigenvalue weighted by molar-refractivity contribution is 5.95. The van der Waals surface area contributed by atoms with Gasteiger partial charge in [0.1, 0.15) is 5.75 Å². The van der Waals surface area contributed by atoms with Crippen LogP contribution in [0.15, 0.2) is 77.4 Å². The Bertz CT molecular complexity index is 1290. The van der Waals surface area contributed by atoms with Gasteiger partial charge in [-0.3, -0.25) is 14.9 Å². The monoisotopic (exact) mass is 445 g/mol. The number of carbonyl (C=O) groups is 1. The van der Waals surface area contributed by atoms with Gasteiger partial charge in [0.15, 0.2) is 5.76 Å². The van der Waals surface area contributed by atoms with Crippen LogP contribution < -0.4 is 10.1 Å². The molecule has 4 aromatic rings. The molecule has 33 heavy (non-hydrogen) atoms. The molecule has 0 saturated heterocycles. The number of benzene rings is 2. The first-order valence-corrected chi connectivity index (χ1v) is 9.88. The topological polar surface area (TPSA) is 125 Å². The summed E-state index contributed by atoms with van der Waals surface area (Å²) in [5, 5.41) is 18.4. The number of hydrogen-bond donors (Lipinski definition) is 1. The van der Waals surface area contributed by atoms with E-state index in [0.717, 1.165) is 16.0 Å². The highest BCUT2D eigenvalue weighted by atomic mass is 16.6. The van der Waals surface area contributed by atoms with E-state index >= 15 is 0 Å². The normalized spacial score (nSPS) is 10.9. The maximum Gasteiger partial charge on any atom is 0.274 e.